The van der Waals surface area contributed by atoms with Gasteiger partial charge in [-0.25, -0.2) is 8.42 Å². The van der Waals surface area contributed by atoms with E-state index in [4.69, 9.17) is 10.5 Å². The lowest BCUT2D eigenvalue weighted by molar-refractivity contribution is -0.124. The maximum Gasteiger partial charge on any atom is 0.244 e. The van der Waals surface area contributed by atoms with Crippen LogP contribution in [0.1, 0.15) is 19.8 Å². The normalized spacial score (nSPS) is 20.2. The van der Waals surface area contributed by atoms with Crippen molar-refractivity contribution in [1.29, 1.82) is 0 Å². The number of piperazine rings is 1. The highest BCUT2D eigenvalue weighted by Crippen LogP contribution is 2.23. The van der Waals surface area contributed by atoms with Crippen LogP contribution in [0, 0.1) is 0 Å². The van der Waals surface area contributed by atoms with Crippen LogP contribution in [0.3, 0.4) is 0 Å². The summed E-state index contributed by atoms with van der Waals surface area (Å²) in [5.74, 6) is -0.308. The average molecular weight is 469 g/mol. The number of rotatable bonds is 5. The zero-order chi connectivity index (χ0) is 19.5. The van der Waals surface area contributed by atoms with Gasteiger partial charge < -0.3 is 20.7 Å². The van der Waals surface area contributed by atoms with Crippen molar-refractivity contribution in [3.05, 3.63) is 24.3 Å². The summed E-state index contributed by atoms with van der Waals surface area (Å²) < 4.78 is 32.6. The number of halogens is 2. The van der Waals surface area contributed by atoms with Crippen LogP contribution in [0.2, 0.25) is 0 Å². The van der Waals surface area contributed by atoms with Crippen LogP contribution in [0.4, 0.5) is 5.69 Å². The molecule has 8 nitrogen and oxygen atoms in total. The number of sulfonamides is 1. The van der Waals surface area contributed by atoms with Gasteiger partial charge in [0.05, 0.1) is 4.90 Å². The Labute approximate surface area is 185 Å². The van der Waals surface area contributed by atoms with Crippen LogP contribution in [0.15, 0.2) is 29.2 Å². The average Bonchev–Trinajstić information content (AvgIpc) is 2.69. The lowest BCUT2D eigenvalue weighted by Crippen LogP contribution is -2.54. The van der Waals surface area contributed by atoms with E-state index in [1.807, 2.05) is 0 Å². The molecule has 0 atom stereocenters. The van der Waals surface area contributed by atoms with E-state index in [0.717, 1.165) is 19.6 Å². The molecular formula is C18H30Cl2N4O4S. The highest BCUT2D eigenvalue weighted by Gasteiger charge is 2.36. The molecule has 0 aliphatic carbocycles. The molecule has 2 aliphatic heterocycles. The van der Waals surface area contributed by atoms with E-state index in [-0.39, 0.29) is 35.6 Å². The van der Waals surface area contributed by atoms with Crippen molar-refractivity contribution in [3.63, 3.8) is 0 Å². The van der Waals surface area contributed by atoms with Crippen molar-refractivity contribution < 1.29 is 17.9 Å². The number of carbonyl (C=O) groups is 1. The molecule has 2 fully saturated rings. The second kappa shape index (κ2) is 10.9. The second-order valence-electron chi connectivity index (χ2n) is 7.09. The Morgan fingerprint density at radius 3 is 2.38 bits per heavy atom. The molecule has 2 heterocycles. The first-order valence-electron chi connectivity index (χ1n) is 9.36. The molecule has 2 aliphatic rings. The number of carbonyl (C=O) groups excluding carboxylic acids is 1. The van der Waals surface area contributed by atoms with Gasteiger partial charge in [0.15, 0.2) is 0 Å². The molecule has 1 aromatic rings. The van der Waals surface area contributed by atoms with Gasteiger partial charge in [0.25, 0.3) is 0 Å². The fourth-order valence-corrected chi connectivity index (χ4v) is 4.86. The number of likely N-dealkylation sites (N-methyl/N-ethyl adjacent to an activating group) is 1. The van der Waals surface area contributed by atoms with E-state index in [1.165, 1.54) is 10.4 Å². The Kier molecular flexibility index (Phi) is 9.81. The molecule has 3 N–H and O–H groups in total. The monoisotopic (exact) mass is 468 g/mol. The van der Waals surface area contributed by atoms with Crippen molar-refractivity contribution in [3.8, 4) is 0 Å². The lowest BCUT2D eigenvalue weighted by atomic mass is 9.90. The standard InChI is InChI=1S/C18H28N4O4S.2ClH/c1-2-21-8-10-22(11-9-21)27(24,25)16-5-3-4-15(14-16)20-17(23)18(19)6-12-26-13-7-18;;/h3-5,14H,2,6-13,19H2,1H3,(H,20,23);2*1H. The number of hydrogen-bond acceptors (Lipinski definition) is 6. The van der Waals surface area contributed by atoms with Crippen LogP contribution in [0.25, 0.3) is 0 Å². The van der Waals surface area contributed by atoms with E-state index in [9.17, 15) is 13.2 Å². The summed E-state index contributed by atoms with van der Waals surface area (Å²) in [6.45, 7) is 6.27. The number of nitrogens with zero attached hydrogens (tertiary/aromatic N) is 2. The molecule has 3 rings (SSSR count). The Morgan fingerprint density at radius 1 is 1.17 bits per heavy atom. The van der Waals surface area contributed by atoms with Gasteiger partial charge in [-0.1, -0.05) is 13.0 Å². The molecule has 0 saturated carbocycles. The van der Waals surface area contributed by atoms with Gasteiger partial charge in [0.2, 0.25) is 15.9 Å². The van der Waals surface area contributed by atoms with Crippen molar-refractivity contribution >= 4 is 46.4 Å². The van der Waals surface area contributed by atoms with E-state index in [0.29, 0.717) is 44.8 Å². The number of nitrogens with two attached hydrogens (primary N) is 1. The van der Waals surface area contributed by atoms with Crippen LogP contribution in [-0.2, 0) is 19.6 Å². The Balaban J connectivity index is 0.00000210. The van der Waals surface area contributed by atoms with Crippen LogP contribution < -0.4 is 11.1 Å². The number of amides is 1. The molecule has 0 spiro atoms. The smallest absolute Gasteiger partial charge is 0.244 e. The zero-order valence-electron chi connectivity index (χ0n) is 16.5. The largest absolute Gasteiger partial charge is 0.381 e. The third-order valence-electron chi connectivity index (χ3n) is 5.35. The summed E-state index contributed by atoms with van der Waals surface area (Å²) in [6, 6.07) is 6.37. The molecule has 11 heteroatoms. The number of nitrogens with one attached hydrogen (secondary N) is 1. The molecule has 0 aromatic heterocycles. The minimum absolute atomic E-state index is 0. The summed E-state index contributed by atoms with van der Waals surface area (Å²) >= 11 is 0. The highest BCUT2D eigenvalue weighted by molar-refractivity contribution is 7.89. The van der Waals surface area contributed by atoms with Crippen molar-refractivity contribution in [1.82, 2.24) is 9.21 Å². The Hall–Kier alpha value is -0.940. The SMILES string of the molecule is CCN1CCN(S(=O)(=O)c2cccc(NC(=O)C3(N)CCOCC3)c2)CC1.Cl.Cl. The predicted molar refractivity (Wildman–Crippen MR) is 117 cm³/mol. The first-order valence-corrected chi connectivity index (χ1v) is 10.8. The molecule has 1 aromatic carbocycles. The molecule has 0 radical (unpaired) electrons. The molecule has 1 amide bonds. The molecule has 0 unspecified atom stereocenters. The summed E-state index contributed by atoms with van der Waals surface area (Å²) in [6.07, 6.45) is 0.886. The molecule has 166 valence electrons. The number of benzene rings is 1. The number of anilines is 1. The molecule has 0 bridgehead atoms. The fourth-order valence-electron chi connectivity index (χ4n) is 3.39. The first kappa shape index (κ1) is 26.1. The maximum atomic E-state index is 12.9. The lowest BCUT2D eigenvalue weighted by Gasteiger charge is -2.33. The quantitative estimate of drug-likeness (QED) is 0.674. The van der Waals surface area contributed by atoms with Gasteiger partial charge in [0, 0.05) is 45.1 Å². The van der Waals surface area contributed by atoms with Gasteiger partial charge in [-0.15, -0.1) is 24.8 Å². The minimum Gasteiger partial charge on any atom is -0.381 e. The fraction of sp³-hybridized carbons (Fsp3) is 0.611. The molecule has 2 saturated heterocycles. The van der Waals surface area contributed by atoms with E-state index in [1.54, 1.807) is 18.2 Å². The summed E-state index contributed by atoms with van der Waals surface area (Å²) in [7, 11) is -3.59. The van der Waals surface area contributed by atoms with E-state index in [2.05, 4.69) is 17.1 Å². The minimum atomic E-state index is -3.59. The van der Waals surface area contributed by atoms with Crippen LogP contribution in [-0.4, -0.2) is 75.0 Å². The Morgan fingerprint density at radius 2 is 1.79 bits per heavy atom. The third-order valence-corrected chi connectivity index (χ3v) is 7.24. The summed E-state index contributed by atoms with van der Waals surface area (Å²) in [5.41, 5.74) is 5.65. The maximum absolute atomic E-state index is 12.9. The number of ether oxygens (including phenoxy) is 1. The van der Waals surface area contributed by atoms with Gasteiger partial charge >= 0.3 is 0 Å². The van der Waals surface area contributed by atoms with Gasteiger partial charge in [-0.2, -0.15) is 4.31 Å². The van der Waals surface area contributed by atoms with Crippen molar-refractivity contribution in [2.45, 2.75) is 30.2 Å². The van der Waals surface area contributed by atoms with Gasteiger partial charge in [-0.3, -0.25) is 4.79 Å². The van der Waals surface area contributed by atoms with Gasteiger partial charge in [0.1, 0.15) is 5.54 Å². The first-order chi connectivity index (χ1) is 12.8. The van der Waals surface area contributed by atoms with Crippen molar-refractivity contribution in [2.24, 2.45) is 5.73 Å². The highest BCUT2D eigenvalue weighted by atomic mass is 35.5. The van der Waals surface area contributed by atoms with Crippen LogP contribution >= 0.6 is 24.8 Å². The van der Waals surface area contributed by atoms with Crippen molar-refractivity contribution in [2.75, 3.05) is 51.3 Å². The zero-order valence-corrected chi connectivity index (χ0v) is 19.0. The Bertz CT molecular complexity index is 780. The molecule has 29 heavy (non-hydrogen) atoms. The van der Waals surface area contributed by atoms with E-state index >= 15 is 0 Å². The summed E-state index contributed by atoms with van der Waals surface area (Å²) in [5, 5.41) is 2.77. The predicted octanol–water partition coefficient (Wildman–Crippen LogP) is 1.30. The number of hydrogen-bond donors (Lipinski definition) is 2. The third kappa shape index (κ3) is 6.04. The topological polar surface area (TPSA) is 105 Å². The second-order valence-corrected chi connectivity index (χ2v) is 9.03. The van der Waals surface area contributed by atoms with E-state index < -0.39 is 15.6 Å². The van der Waals surface area contributed by atoms with Gasteiger partial charge in [-0.05, 0) is 37.6 Å². The summed E-state index contributed by atoms with van der Waals surface area (Å²) in [4.78, 5) is 15.0. The molecular weight excluding hydrogens is 439 g/mol. The van der Waals surface area contributed by atoms with Crippen LogP contribution in [0.5, 0.6) is 0 Å².